The van der Waals surface area contributed by atoms with Gasteiger partial charge in [0.15, 0.2) is 0 Å². The van der Waals surface area contributed by atoms with Gasteiger partial charge in [0.2, 0.25) is 12.1 Å². The Hall–Kier alpha value is -1.18. The molecule has 4 rings (SSSR count). The first kappa shape index (κ1) is 26.9. The fraction of sp³-hybridized carbons (Fsp3) is 0.760. The second-order valence-corrected chi connectivity index (χ2v) is 10.2. The molecule has 0 spiro atoms. The standard InChI is InChI=1S/C25H41N3O7/c1-13-7-8-16(14(2)9-13)11-28-12-24(30)10-15(3)33-23-25(24,31)35-21-18(27-5)19(29)17(26-4)20(32-6)22(21)34-23/h7-9,15,17-23,26-31H,10-12H2,1-6H3/t15-,17-,18+,19+,20+,21-,22?,23+,24-,25-/m1/s1. The fourth-order valence-corrected chi connectivity index (χ4v) is 5.93. The summed E-state index contributed by atoms with van der Waals surface area (Å²) in [5.41, 5.74) is 1.74. The van der Waals surface area contributed by atoms with Crippen LogP contribution in [0.3, 0.4) is 0 Å². The van der Waals surface area contributed by atoms with Gasteiger partial charge < -0.3 is 50.2 Å². The van der Waals surface area contributed by atoms with Crippen molar-refractivity contribution in [2.24, 2.45) is 0 Å². The summed E-state index contributed by atoms with van der Waals surface area (Å²) in [4.78, 5) is 0. The quantitative estimate of drug-likeness (QED) is 0.288. The van der Waals surface area contributed by atoms with Crippen molar-refractivity contribution in [2.75, 3.05) is 27.7 Å². The van der Waals surface area contributed by atoms with Crippen LogP contribution in [0.25, 0.3) is 0 Å². The second-order valence-electron chi connectivity index (χ2n) is 10.2. The Morgan fingerprint density at radius 2 is 1.80 bits per heavy atom. The number of nitrogens with one attached hydrogen (secondary N) is 3. The number of aliphatic hydroxyl groups excluding tert-OH is 1. The van der Waals surface area contributed by atoms with Gasteiger partial charge in [-0.15, -0.1) is 0 Å². The number of rotatable bonds is 7. The molecule has 2 heterocycles. The van der Waals surface area contributed by atoms with Crippen LogP contribution < -0.4 is 16.0 Å². The molecule has 10 nitrogen and oxygen atoms in total. The predicted molar refractivity (Wildman–Crippen MR) is 129 cm³/mol. The van der Waals surface area contributed by atoms with E-state index in [0.717, 1.165) is 11.1 Å². The lowest BCUT2D eigenvalue weighted by molar-refractivity contribution is -0.482. The normalized spacial score (nSPS) is 43.5. The summed E-state index contributed by atoms with van der Waals surface area (Å²) in [6.45, 7) is 6.50. The molecule has 0 aromatic heterocycles. The first-order chi connectivity index (χ1) is 16.6. The number of benzene rings is 1. The van der Waals surface area contributed by atoms with E-state index in [-0.39, 0.29) is 19.1 Å². The van der Waals surface area contributed by atoms with E-state index in [1.54, 1.807) is 21.2 Å². The van der Waals surface area contributed by atoms with E-state index in [2.05, 4.69) is 28.1 Å². The number of likely N-dealkylation sites (N-methyl/N-ethyl adjacent to an activating group) is 2. The van der Waals surface area contributed by atoms with Crippen LogP contribution in [0.15, 0.2) is 18.2 Å². The van der Waals surface area contributed by atoms with E-state index in [1.165, 1.54) is 5.56 Å². The van der Waals surface area contributed by atoms with Gasteiger partial charge in [-0.2, -0.15) is 0 Å². The van der Waals surface area contributed by atoms with Crippen molar-refractivity contribution in [2.45, 2.75) is 94.0 Å². The van der Waals surface area contributed by atoms with Gasteiger partial charge >= 0.3 is 0 Å². The number of aliphatic hydroxyl groups is 3. The van der Waals surface area contributed by atoms with E-state index in [9.17, 15) is 15.3 Å². The Morgan fingerprint density at radius 3 is 2.43 bits per heavy atom. The van der Waals surface area contributed by atoms with Gasteiger partial charge in [-0.3, -0.25) is 0 Å². The topological polar surface area (TPSA) is 134 Å². The molecule has 0 radical (unpaired) electrons. The third kappa shape index (κ3) is 4.66. The van der Waals surface area contributed by atoms with Crippen LogP contribution >= 0.6 is 0 Å². The van der Waals surface area contributed by atoms with Gasteiger partial charge in [-0.25, -0.2) is 0 Å². The summed E-state index contributed by atoms with van der Waals surface area (Å²) in [7, 11) is 4.99. The molecular formula is C25H41N3O7. The Labute approximate surface area is 207 Å². The molecule has 1 aromatic carbocycles. The molecule has 10 heteroatoms. The molecule has 35 heavy (non-hydrogen) atoms. The molecule has 0 amide bonds. The van der Waals surface area contributed by atoms with Crippen molar-refractivity contribution in [3.8, 4) is 0 Å². The first-order valence-electron chi connectivity index (χ1n) is 12.3. The minimum atomic E-state index is -2.16. The van der Waals surface area contributed by atoms with Gasteiger partial charge in [-0.05, 0) is 46.0 Å². The molecular weight excluding hydrogens is 454 g/mol. The molecule has 3 aliphatic rings. The predicted octanol–water partition coefficient (Wildman–Crippen LogP) is -0.703. The molecule has 1 saturated carbocycles. The van der Waals surface area contributed by atoms with Crippen LogP contribution in [0.4, 0.5) is 0 Å². The number of fused-ring (bicyclic) bond motifs is 2. The highest BCUT2D eigenvalue weighted by molar-refractivity contribution is 5.30. The van der Waals surface area contributed by atoms with Crippen molar-refractivity contribution >= 4 is 0 Å². The van der Waals surface area contributed by atoms with Gasteiger partial charge in [-0.1, -0.05) is 23.8 Å². The first-order valence-corrected chi connectivity index (χ1v) is 12.3. The van der Waals surface area contributed by atoms with Crippen LogP contribution in [0.5, 0.6) is 0 Å². The maximum absolute atomic E-state index is 11.8. The van der Waals surface area contributed by atoms with Crippen molar-refractivity contribution in [1.82, 2.24) is 16.0 Å². The maximum atomic E-state index is 11.8. The molecule has 198 valence electrons. The highest BCUT2D eigenvalue weighted by Gasteiger charge is 2.68. The average Bonchev–Trinajstić information content (AvgIpc) is 2.80. The third-order valence-corrected chi connectivity index (χ3v) is 7.82. The highest BCUT2D eigenvalue weighted by atomic mass is 16.8. The monoisotopic (exact) mass is 495 g/mol. The average molecular weight is 496 g/mol. The van der Waals surface area contributed by atoms with Crippen molar-refractivity contribution in [1.29, 1.82) is 0 Å². The molecule has 1 unspecified atom stereocenters. The number of hydrogen-bond acceptors (Lipinski definition) is 10. The molecule has 10 atom stereocenters. The molecule has 3 fully saturated rings. The SMILES string of the molecule is CN[C@@H]1[C@H](O)[C@H](NC)[C@H]2O[C@]3(O)[C@H](OC2[C@H]1OC)O[C@H](C)C[C@@]3(O)CNCc1ccc(C)cc1C. The summed E-state index contributed by atoms with van der Waals surface area (Å²) in [6.07, 6.45) is -4.38. The van der Waals surface area contributed by atoms with Gasteiger partial charge in [0.1, 0.15) is 23.9 Å². The van der Waals surface area contributed by atoms with E-state index in [0.29, 0.717) is 6.54 Å². The Balaban J connectivity index is 1.58. The van der Waals surface area contributed by atoms with Crippen LogP contribution in [-0.4, -0.2) is 103 Å². The summed E-state index contributed by atoms with van der Waals surface area (Å²) in [6, 6.07) is 5.20. The molecule has 2 aliphatic heterocycles. The lowest BCUT2D eigenvalue weighted by Gasteiger charge is -2.60. The van der Waals surface area contributed by atoms with Crippen molar-refractivity contribution < 1.29 is 34.3 Å². The molecule has 6 N–H and O–H groups in total. The zero-order valence-corrected chi connectivity index (χ0v) is 21.4. The lowest BCUT2D eigenvalue weighted by Crippen LogP contribution is -2.81. The van der Waals surface area contributed by atoms with Crippen LogP contribution in [0, 0.1) is 13.8 Å². The van der Waals surface area contributed by atoms with E-state index in [1.807, 2.05) is 26.8 Å². The fourth-order valence-electron chi connectivity index (χ4n) is 5.93. The van der Waals surface area contributed by atoms with Crippen LogP contribution in [-0.2, 0) is 25.5 Å². The smallest absolute Gasteiger partial charge is 0.249 e. The van der Waals surface area contributed by atoms with Crippen molar-refractivity contribution in [3.05, 3.63) is 34.9 Å². The molecule has 1 aliphatic carbocycles. The lowest BCUT2D eigenvalue weighted by atomic mass is 9.77. The summed E-state index contributed by atoms with van der Waals surface area (Å²) < 4.78 is 24.2. The molecule has 2 saturated heterocycles. The minimum Gasteiger partial charge on any atom is -0.390 e. The largest absolute Gasteiger partial charge is 0.390 e. The number of aryl methyl sites for hydroxylation is 2. The Kier molecular flexibility index (Phi) is 7.90. The van der Waals surface area contributed by atoms with E-state index < -0.39 is 54.2 Å². The maximum Gasteiger partial charge on any atom is 0.249 e. The zero-order valence-electron chi connectivity index (χ0n) is 21.4. The number of methoxy groups -OCH3 is 1. The molecule has 1 aromatic rings. The van der Waals surface area contributed by atoms with Gasteiger partial charge in [0, 0.05) is 26.6 Å². The molecule has 0 bridgehead atoms. The van der Waals surface area contributed by atoms with Crippen LogP contribution in [0.1, 0.15) is 30.0 Å². The summed E-state index contributed by atoms with van der Waals surface area (Å²) >= 11 is 0. The number of ether oxygens (including phenoxy) is 4. The zero-order chi connectivity index (χ0) is 25.5. The minimum absolute atomic E-state index is 0.0569. The number of hydrogen-bond donors (Lipinski definition) is 6. The van der Waals surface area contributed by atoms with Gasteiger partial charge in [0.25, 0.3) is 0 Å². The Bertz CT molecular complexity index is 891. The van der Waals surface area contributed by atoms with Gasteiger partial charge in [0.05, 0.1) is 24.3 Å². The van der Waals surface area contributed by atoms with Crippen LogP contribution in [0.2, 0.25) is 0 Å². The summed E-state index contributed by atoms with van der Waals surface area (Å²) in [5.74, 6) is -2.16. The third-order valence-electron chi connectivity index (χ3n) is 7.82. The Morgan fingerprint density at radius 1 is 1.09 bits per heavy atom. The van der Waals surface area contributed by atoms with E-state index >= 15 is 0 Å². The second kappa shape index (κ2) is 10.3. The summed E-state index contributed by atoms with van der Waals surface area (Å²) in [5, 5.41) is 44.1. The van der Waals surface area contributed by atoms with E-state index in [4.69, 9.17) is 18.9 Å². The highest BCUT2D eigenvalue weighted by Crippen LogP contribution is 2.46. The van der Waals surface area contributed by atoms with Crippen molar-refractivity contribution in [3.63, 3.8) is 0 Å².